The average molecular weight is 262 g/mol. The van der Waals surface area contributed by atoms with E-state index in [-0.39, 0.29) is 0 Å². The normalized spacial score (nSPS) is 15.6. The number of nitrogens with one attached hydrogen (secondary N) is 1. The number of hydrogen-bond donors (Lipinski definition) is 1. The van der Waals surface area contributed by atoms with Crippen LogP contribution in [0.1, 0.15) is 50.8 Å². The predicted molar refractivity (Wildman–Crippen MR) is 78.4 cm³/mol. The van der Waals surface area contributed by atoms with Crippen LogP contribution < -0.4 is 10.1 Å². The number of rotatable bonds is 7. The van der Waals surface area contributed by atoms with Crippen molar-refractivity contribution in [3.8, 4) is 5.75 Å². The van der Waals surface area contributed by atoms with E-state index in [4.69, 9.17) is 4.74 Å². The fourth-order valence-electron chi connectivity index (χ4n) is 2.26. The molecule has 0 saturated heterocycles. The van der Waals surface area contributed by atoms with Crippen molar-refractivity contribution < 1.29 is 4.74 Å². The van der Waals surface area contributed by atoms with Gasteiger partial charge in [0.15, 0.2) is 0 Å². The molecule has 3 heteroatoms. The Bertz CT molecular complexity index is 400. The van der Waals surface area contributed by atoms with Gasteiger partial charge in [0.2, 0.25) is 0 Å². The third kappa shape index (κ3) is 4.50. The first-order chi connectivity index (χ1) is 9.15. The maximum atomic E-state index is 5.98. The number of nitrogens with zero attached hydrogens (tertiary/aromatic N) is 1. The maximum absolute atomic E-state index is 5.98. The van der Waals surface area contributed by atoms with Gasteiger partial charge in [0, 0.05) is 36.1 Å². The summed E-state index contributed by atoms with van der Waals surface area (Å²) in [6, 6.07) is 2.53. The van der Waals surface area contributed by atoms with E-state index in [0.717, 1.165) is 36.1 Å². The molecule has 0 amide bonds. The van der Waals surface area contributed by atoms with E-state index in [1.165, 1.54) is 25.7 Å². The summed E-state index contributed by atoms with van der Waals surface area (Å²) in [5.74, 6) is 1.90. The second-order valence-corrected chi connectivity index (χ2v) is 5.90. The Morgan fingerprint density at radius 1 is 1.42 bits per heavy atom. The molecule has 0 bridgehead atoms. The number of aryl methyl sites for hydroxylation is 1. The molecule has 1 aromatic rings. The summed E-state index contributed by atoms with van der Waals surface area (Å²) >= 11 is 0. The van der Waals surface area contributed by atoms with Crippen LogP contribution in [-0.4, -0.2) is 17.6 Å². The molecule has 1 saturated carbocycles. The zero-order valence-electron chi connectivity index (χ0n) is 12.4. The van der Waals surface area contributed by atoms with Crippen LogP contribution in [0.4, 0.5) is 0 Å². The van der Waals surface area contributed by atoms with Crippen molar-refractivity contribution in [2.75, 3.05) is 6.61 Å². The summed E-state index contributed by atoms with van der Waals surface area (Å²) in [4.78, 5) is 4.37. The van der Waals surface area contributed by atoms with Gasteiger partial charge in [0.05, 0.1) is 6.61 Å². The summed E-state index contributed by atoms with van der Waals surface area (Å²) in [5.41, 5.74) is 2.18. The molecule has 1 aromatic heterocycles. The number of ether oxygens (including phenoxy) is 1. The standard InChI is InChI=1S/C16H26N2O/c1-12(2)17-10-15-11-18-13(3)9-16(15)19-8-7-14-5-4-6-14/h9,11-12,14,17H,4-8,10H2,1-3H3. The van der Waals surface area contributed by atoms with Crippen LogP contribution >= 0.6 is 0 Å². The lowest BCUT2D eigenvalue weighted by molar-refractivity contribution is 0.220. The molecule has 0 aliphatic heterocycles. The lowest BCUT2D eigenvalue weighted by Crippen LogP contribution is -2.22. The molecule has 2 rings (SSSR count). The van der Waals surface area contributed by atoms with Crippen LogP contribution in [0.3, 0.4) is 0 Å². The lowest BCUT2D eigenvalue weighted by atomic mass is 9.83. The van der Waals surface area contributed by atoms with Gasteiger partial charge in [-0.1, -0.05) is 33.1 Å². The molecule has 0 spiro atoms. The van der Waals surface area contributed by atoms with Gasteiger partial charge in [-0.25, -0.2) is 0 Å². The van der Waals surface area contributed by atoms with E-state index in [2.05, 4.69) is 30.2 Å². The highest BCUT2D eigenvalue weighted by molar-refractivity contribution is 5.32. The van der Waals surface area contributed by atoms with Gasteiger partial charge in [0.25, 0.3) is 0 Å². The maximum Gasteiger partial charge on any atom is 0.127 e. The van der Waals surface area contributed by atoms with Gasteiger partial charge < -0.3 is 10.1 Å². The highest BCUT2D eigenvalue weighted by Gasteiger charge is 2.17. The quantitative estimate of drug-likeness (QED) is 0.817. The zero-order chi connectivity index (χ0) is 13.7. The van der Waals surface area contributed by atoms with Crippen molar-refractivity contribution in [3.63, 3.8) is 0 Å². The summed E-state index contributed by atoms with van der Waals surface area (Å²) in [5, 5.41) is 3.42. The van der Waals surface area contributed by atoms with E-state index >= 15 is 0 Å². The van der Waals surface area contributed by atoms with Crippen molar-refractivity contribution in [1.82, 2.24) is 10.3 Å². The molecular formula is C16H26N2O. The minimum atomic E-state index is 0.476. The molecule has 1 aliphatic carbocycles. The second kappa shape index (κ2) is 6.90. The largest absolute Gasteiger partial charge is 0.493 e. The van der Waals surface area contributed by atoms with E-state index in [9.17, 15) is 0 Å². The van der Waals surface area contributed by atoms with Crippen LogP contribution in [0.2, 0.25) is 0 Å². The Labute approximate surface area is 116 Å². The molecule has 0 radical (unpaired) electrons. The van der Waals surface area contributed by atoms with Crippen LogP contribution in [0.15, 0.2) is 12.3 Å². The van der Waals surface area contributed by atoms with Crippen molar-refractivity contribution in [2.24, 2.45) is 5.92 Å². The molecule has 1 heterocycles. The van der Waals surface area contributed by atoms with Gasteiger partial charge in [-0.2, -0.15) is 0 Å². The van der Waals surface area contributed by atoms with Gasteiger partial charge in [0.1, 0.15) is 5.75 Å². The molecular weight excluding hydrogens is 236 g/mol. The molecule has 3 nitrogen and oxygen atoms in total. The fraction of sp³-hybridized carbons (Fsp3) is 0.688. The first-order valence-electron chi connectivity index (χ1n) is 7.47. The molecule has 106 valence electrons. The molecule has 19 heavy (non-hydrogen) atoms. The molecule has 1 aliphatic rings. The third-order valence-corrected chi connectivity index (χ3v) is 3.79. The highest BCUT2D eigenvalue weighted by atomic mass is 16.5. The monoisotopic (exact) mass is 262 g/mol. The summed E-state index contributed by atoms with van der Waals surface area (Å²) in [7, 11) is 0. The minimum absolute atomic E-state index is 0.476. The Morgan fingerprint density at radius 2 is 2.21 bits per heavy atom. The topological polar surface area (TPSA) is 34.1 Å². The minimum Gasteiger partial charge on any atom is -0.493 e. The lowest BCUT2D eigenvalue weighted by Gasteiger charge is -2.25. The molecule has 1 fully saturated rings. The molecule has 0 unspecified atom stereocenters. The Balaban J connectivity index is 1.89. The first-order valence-corrected chi connectivity index (χ1v) is 7.47. The predicted octanol–water partition coefficient (Wildman–Crippen LogP) is 3.46. The van der Waals surface area contributed by atoms with Crippen molar-refractivity contribution in [3.05, 3.63) is 23.5 Å². The molecule has 0 atom stereocenters. The molecule has 0 aromatic carbocycles. The van der Waals surface area contributed by atoms with Crippen molar-refractivity contribution in [1.29, 1.82) is 0 Å². The summed E-state index contributed by atoms with van der Waals surface area (Å²) < 4.78 is 5.98. The van der Waals surface area contributed by atoms with Gasteiger partial charge in [-0.3, -0.25) is 4.98 Å². The summed E-state index contributed by atoms with van der Waals surface area (Å²) in [6.07, 6.45) is 7.31. The van der Waals surface area contributed by atoms with Crippen LogP contribution in [0.25, 0.3) is 0 Å². The summed E-state index contributed by atoms with van der Waals surface area (Å²) in [6.45, 7) is 7.97. The average Bonchev–Trinajstić information content (AvgIpc) is 2.31. The number of pyridine rings is 1. The fourth-order valence-corrected chi connectivity index (χ4v) is 2.26. The van der Waals surface area contributed by atoms with E-state index in [1.807, 2.05) is 13.1 Å². The molecule has 1 N–H and O–H groups in total. The SMILES string of the molecule is Cc1cc(OCCC2CCC2)c(CNC(C)C)cn1. The number of hydrogen-bond acceptors (Lipinski definition) is 3. The Kier molecular flexibility index (Phi) is 5.20. The van der Waals surface area contributed by atoms with Gasteiger partial charge >= 0.3 is 0 Å². The first kappa shape index (κ1) is 14.3. The number of aromatic nitrogens is 1. The van der Waals surface area contributed by atoms with Crippen LogP contribution in [0, 0.1) is 12.8 Å². The van der Waals surface area contributed by atoms with Gasteiger partial charge in [-0.05, 0) is 19.3 Å². The van der Waals surface area contributed by atoms with Crippen LogP contribution in [-0.2, 0) is 6.54 Å². The Hall–Kier alpha value is -1.09. The zero-order valence-corrected chi connectivity index (χ0v) is 12.4. The van der Waals surface area contributed by atoms with Gasteiger partial charge in [-0.15, -0.1) is 0 Å². The smallest absolute Gasteiger partial charge is 0.127 e. The van der Waals surface area contributed by atoms with E-state index in [1.54, 1.807) is 0 Å². The second-order valence-electron chi connectivity index (χ2n) is 5.90. The van der Waals surface area contributed by atoms with E-state index in [0.29, 0.717) is 6.04 Å². The third-order valence-electron chi connectivity index (χ3n) is 3.79. The van der Waals surface area contributed by atoms with Crippen molar-refractivity contribution >= 4 is 0 Å². The Morgan fingerprint density at radius 3 is 2.84 bits per heavy atom. The van der Waals surface area contributed by atoms with E-state index < -0.39 is 0 Å². The van der Waals surface area contributed by atoms with Crippen LogP contribution in [0.5, 0.6) is 5.75 Å². The highest BCUT2D eigenvalue weighted by Crippen LogP contribution is 2.29. The van der Waals surface area contributed by atoms with Crippen molar-refractivity contribution in [2.45, 2.75) is 59.0 Å².